The van der Waals surface area contributed by atoms with E-state index < -0.39 is 5.60 Å². The van der Waals surface area contributed by atoms with Gasteiger partial charge in [0.1, 0.15) is 11.4 Å². The third kappa shape index (κ3) is 4.93. The van der Waals surface area contributed by atoms with Gasteiger partial charge in [-0.3, -0.25) is 9.69 Å². The number of nitrogens with zero attached hydrogens (tertiary/aromatic N) is 1. The summed E-state index contributed by atoms with van der Waals surface area (Å²) >= 11 is 0. The maximum absolute atomic E-state index is 12.9. The van der Waals surface area contributed by atoms with Crippen LogP contribution in [-0.2, 0) is 20.7 Å². The first-order chi connectivity index (χ1) is 13.1. The van der Waals surface area contributed by atoms with Crippen LogP contribution in [0.25, 0.3) is 0 Å². The lowest BCUT2D eigenvalue weighted by atomic mass is 9.81. The van der Waals surface area contributed by atoms with Crippen molar-refractivity contribution in [1.29, 1.82) is 0 Å². The second kappa shape index (κ2) is 8.24. The number of amides is 1. The van der Waals surface area contributed by atoms with Crippen molar-refractivity contribution in [2.24, 2.45) is 5.92 Å². The van der Waals surface area contributed by atoms with Gasteiger partial charge in [0, 0.05) is 12.3 Å². The molecule has 1 aromatic rings. The SMILES string of the molecule is CC(C)c1ccc(CC(=O)C2CC3COCC(C2)N3C(=O)OC(C)(C)C)cc1. The molecule has 0 aromatic heterocycles. The molecule has 5 nitrogen and oxygen atoms in total. The molecule has 2 aliphatic rings. The van der Waals surface area contributed by atoms with Gasteiger partial charge in [0.25, 0.3) is 0 Å². The summed E-state index contributed by atoms with van der Waals surface area (Å²) in [6.07, 6.45) is 1.47. The predicted molar refractivity (Wildman–Crippen MR) is 108 cm³/mol. The first-order valence-corrected chi connectivity index (χ1v) is 10.3. The van der Waals surface area contributed by atoms with Crippen molar-refractivity contribution < 1.29 is 19.1 Å². The summed E-state index contributed by atoms with van der Waals surface area (Å²) in [5.41, 5.74) is 1.82. The number of piperidine rings is 1. The fourth-order valence-corrected chi connectivity index (χ4v) is 4.16. The lowest BCUT2D eigenvalue weighted by Crippen LogP contribution is -2.60. The van der Waals surface area contributed by atoms with Crippen LogP contribution in [-0.4, -0.2) is 47.7 Å². The average Bonchev–Trinajstić information content (AvgIpc) is 2.59. The number of hydrogen-bond donors (Lipinski definition) is 0. The standard InChI is InChI=1S/C23H33NO4/c1-15(2)17-8-6-16(7-9-17)10-21(25)18-11-19-13-27-14-20(12-18)24(19)22(26)28-23(3,4)5/h6-9,15,18-20H,10-14H2,1-5H3. The van der Waals surface area contributed by atoms with Crippen molar-refractivity contribution in [2.75, 3.05) is 13.2 Å². The Morgan fingerprint density at radius 2 is 1.68 bits per heavy atom. The fraction of sp³-hybridized carbons (Fsp3) is 0.652. The minimum Gasteiger partial charge on any atom is -0.444 e. The molecule has 0 aliphatic carbocycles. The van der Waals surface area contributed by atoms with E-state index in [1.807, 2.05) is 25.7 Å². The van der Waals surface area contributed by atoms with E-state index in [1.165, 1.54) is 5.56 Å². The number of carbonyl (C=O) groups is 2. The highest BCUT2D eigenvalue weighted by Gasteiger charge is 2.44. The molecule has 2 bridgehead atoms. The molecule has 0 N–H and O–H groups in total. The Morgan fingerprint density at radius 1 is 1.11 bits per heavy atom. The van der Waals surface area contributed by atoms with Crippen LogP contribution in [0.3, 0.4) is 0 Å². The molecule has 28 heavy (non-hydrogen) atoms. The van der Waals surface area contributed by atoms with E-state index in [0.717, 1.165) is 5.56 Å². The maximum Gasteiger partial charge on any atom is 0.410 e. The van der Waals surface area contributed by atoms with Crippen molar-refractivity contribution in [3.05, 3.63) is 35.4 Å². The number of fused-ring (bicyclic) bond motifs is 2. The Morgan fingerprint density at radius 3 is 2.18 bits per heavy atom. The third-order valence-corrected chi connectivity index (χ3v) is 5.60. The molecule has 154 valence electrons. The fourth-order valence-electron chi connectivity index (χ4n) is 4.16. The van der Waals surface area contributed by atoms with Crippen LogP contribution < -0.4 is 0 Å². The highest BCUT2D eigenvalue weighted by Crippen LogP contribution is 2.34. The Hall–Kier alpha value is -1.88. The lowest BCUT2D eigenvalue weighted by Gasteiger charge is -2.47. The second-order valence-electron chi connectivity index (χ2n) is 9.44. The molecule has 1 aromatic carbocycles. The molecular weight excluding hydrogens is 354 g/mol. The molecule has 0 saturated carbocycles. The van der Waals surface area contributed by atoms with Gasteiger partial charge < -0.3 is 9.47 Å². The van der Waals surface area contributed by atoms with E-state index in [4.69, 9.17) is 9.47 Å². The minimum absolute atomic E-state index is 0.0256. The predicted octanol–water partition coefficient (Wildman–Crippen LogP) is 4.34. The average molecular weight is 388 g/mol. The summed E-state index contributed by atoms with van der Waals surface area (Å²) < 4.78 is 11.3. The molecular formula is C23H33NO4. The molecule has 2 unspecified atom stereocenters. The highest BCUT2D eigenvalue weighted by atomic mass is 16.6. The zero-order chi connectivity index (χ0) is 20.5. The molecule has 5 heteroatoms. The van der Waals surface area contributed by atoms with E-state index in [0.29, 0.717) is 38.4 Å². The van der Waals surface area contributed by atoms with Crippen molar-refractivity contribution in [3.8, 4) is 0 Å². The third-order valence-electron chi connectivity index (χ3n) is 5.60. The summed E-state index contributed by atoms with van der Waals surface area (Å²) in [6.45, 7) is 10.9. The van der Waals surface area contributed by atoms with Gasteiger partial charge >= 0.3 is 6.09 Å². The Labute approximate surface area is 168 Å². The van der Waals surface area contributed by atoms with Crippen LogP contribution in [0, 0.1) is 5.92 Å². The molecule has 2 fully saturated rings. The van der Waals surface area contributed by atoms with Crippen LogP contribution in [0.1, 0.15) is 64.5 Å². The topological polar surface area (TPSA) is 55.8 Å². The van der Waals surface area contributed by atoms with Crippen LogP contribution >= 0.6 is 0 Å². The Balaban J connectivity index is 1.64. The van der Waals surface area contributed by atoms with Crippen molar-refractivity contribution in [3.63, 3.8) is 0 Å². The zero-order valence-electron chi connectivity index (χ0n) is 17.7. The number of morpholine rings is 1. The van der Waals surface area contributed by atoms with Crippen LogP contribution in [0.4, 0.5) is 4.79 Å². The number of benzene rings is 1. The summed E-state index contributed by atoms with van der Waals surface area (Å²) in [6, 6.07) is 8.18. The van der Waals surface area contributed by atoms with Gasteiger partial charge in [-0.15, -0.1) is 0 Å². The number of rotatable bonds is 4. The van der Waals surface area contributed by atoms with Gasteiger partial charge in [-0.2, -0.15) is 0 Å². The van der Waals surface area contributed by atoms with Crippen LogP contribution in [0.5, 0.6) is 0 Å². The van der Waals surface area contributed by atoms with E-state index in [1.54, 1.807) is 0 Å². The molecule has 0 spiro atoms. The van der Waals surface area contributed by atoms with Crippen molar-refractivity contribution in [1.82, 2.24) is 4.90 Å². The number of ketones is 1. The second-order valence-corrected chi connectivity index (χ2v) is 9.44. The summed E-state index contributed by atoms with van der Waals surface area (Å²) in [4.78, 5) is 27.4. The number of hydrogen-bond acceptors (Lipinski definition) is 4. The first kappa shape index (κ1) is 20.8. The van der Waals surface area contributed by atoms with E-state index in [2.05, 4.69) is 38.1 Å². The monoisotopic (exact) mass is 387 g/mol. The minimum atomic E-state index is -0.527. The molecule has 2 heterocycles. The van der Waals surface area contributed by atoms with Crippen molar-refractivity contribution >= 4 is 11.9 Å². The summed E-state index contributed by atoms with van der Waals surface area (Å²) in [5, 5.41) is 0. The van der Waals surface area contributed by atoms with Crippen LogP contribution in [0.15, 0.2) is 24.3 Å². The molecule has 2 saturated heterocycles. The number of ether oxygens (including phenoxy) is 2. The quantitative estimate of drug-likeness (QED) is 0.771. The molecule has 3 rings (SSSR count). The highest BCUT2D eigenvalue weighted by molar-refractivity contribution is 5.84. The summed E-state index contributed by atoms with van der Waals surface area (Å²) in [5.74, 6) is 0.724. The van der Waals surface area contributed by atoms with E-state index in [-0.39, 0.29) is 29.9 Å². The normalized spacial score (nSPS) is 24.9. The van der Waals surface area contributed by atoms with Gasteiger partial charge in [0.05, 0.1) is 25.3 Å². The largest absolute Gasteiger partial charge is 0.444 e. The van der Waals surface area contributed by atoms with E-state index >= 15 is 0 Å². The molecule has 2 atom stereocenters. The first-order valence-electron chi connectivity index (χ1n) is 10.3. The van der Waals surface area contributed by atoms with Crippen molar-refractivity contribution in [2.45, 2.75) is 77.5 Å². The van der Waals surface area contributed by atoms with Crippen LogP contribution in [0.2, 0.25) is 0 Å². The van der Waals surface area contributed by atoms with Gasteiger partial charge in [0.2, 0.25) is 0 Å². The van der Waals surface area contributed by atoms with Gasteiger partial charge in [-0.05, 0) is 50.7 Å². The number of carbonyl (C=O) groups excluding carboxylic acids is 2. The number of Topliss-reactive ketones (excluding diaryl/α,β-unsaturated/α-hetero) is 1. The van der Waals surface area contributed by atoms with Gasteiger partial charge in [-0.1, -0.05) is 38.1 Å². The molecule has 0 radical (unpaired) electrons. The molecule has 2 aliphatic heterocycles. The Kier molecular flexibility index (Phi) is 6.13. The summed E-state index contributed by atoms with van der Waals surface area (Å²) in [7, 11) is 0. The zero-order valence-corrected chi connectivity index (χ0v) is 17.7. The molecule has 1 amide bonds. The Bertz CT molecular complexity index is 690. The smallest absolute Gasteiger partial charge is 0.410 e. The van der Waals surface area contributed by atoms with Gasteiger partial charge in [-0.25, -0.2) is 4.79 Å². The maximum atomic E-state index is 12.9. The van der Waals surface area contributed by atoms with E-state index in [9.17, 15) is 9.59 Å². The lowest BCUT2D eigenvalue weighted by molar-refractivity contribution is -0.131. The van der Waals surface area contributed by atoms with Gasteiger partial charge in [0.15, 0.2) is 0 Å².